The van der Waals surface area contributed by atoms with Gasteiger partial charge < -0.3 is 14.7 Å². The molecule has 4 nitrogen and oxygen atoms in total. The summed E-state index contributed by atoms with van der Waals surface area (Å²) in [6, 6.07) is 8.42. The van der Waals surface area contributed by atoms with Gasteiger partial charge in [0.15, 0.2) is 0 Å². The van der Waals surface area contributed by atoms with E-state index in [2.05, 4.69) is 0 Å². The van der Waals surface area contributed by atoms with E-state index in [1.54, 1.807) is 12.1 Å². The summed E-state index contributed by atoms with van der Waals surface area (Å²) >= 11 is 0. The number of nitrogens with zero attached hydrogens (tertiary/aromatic N) is 1. The fourth-order valence-corrected chi connectivity index (χ4v) is 2.52. The van der Waals surface area contributed by atoms with Gasteiger partial charge in [0.1, 0.15) is 12.4 Å². The molecule has 25 heavy (non-hydrogen) atoms. The molecule has 0 atom stereocenters. The predicted octanol–water partition coefficient (Wildman–Crippen LogP) is 3.59. The van der Waals surface area contributed by atoms with Crippen LogP contribution >= 0.6 is 0 Å². The third kappa shape index (κ3) is 4.09. The molecule has 1 N–H and O–H groups in total. The first kappa shape index (κ1) is 7.34. The predicted molar refractivity (Wildman–Crippen MR) is 98.8 cm³/mol. The molecule has 0 saturated carbocycles. The van der Waals surface area contributed by atoms with Gasteiger partial charge in [0.25, 0.3) is 0 Å². The van der Waals surface area contributed by atoms with Crippen molar-refractivity contribution in [2.24, 2.45) is 0 Å². The van der Waals surface area contributed by atoms with Gasteiger partial charge in [0, 0.05) is 28.5 Å². The van der Waals surface area contributed by atoms with E-state index in [9.17, 15) is 9.90 Å². The molecule has 0 aliphatic carbocycles. The van der Waals surface area contributed by atoms with Crippen molar-refractivity contribution < 1.29 is 32.5 Å². The molecule has 1 heterocycles. The van der Waals surface area contributed by atoms with Crippen molar-refractivity contribution in [1.82, 2.24) is 4.90 Å². The number of ether oxygens (including phenoxy) is 1. The summed E-state index contributed by atoms with van der Waals surface area (Å²) in [6.07, 6.45) is -6.48. The summed E-state index contributed by atoms with van der Waals surface area (Å²) < 4.78 is 110. The second-order valence-corrected chi connectivity index (χ2v) is 5.16. The van der Waals surface area contributed by atoms with Crippen LogP contribution in [0.5, 0.6) is 5.75 Å². The number of benzene rings is 2. The molecule has 0 spiro atoms. The molecule has 0 bridgehead atoms. The Morgan fingerprint density at radius 3 is 3.00 bits per heavy atom. The Labute approximate surface area is 166 Å². The zero-order valence-electron chi connectivity index (χ0n) is 26.0. The molecular formula is C21H23NO3. The lowest BCUT2D eigenvalue weighted by molar-refractivity contribution is -0.136. The van der Waals surface area contributed by atoms with Crippen LogP contribution in [0.25, 0.3) is 5.57 Å². The Bertz CT molecular complexity index is 1270. The summed E-state index contributed by atoms with van der Waals surface area (Å²) in [4.78, 5) is 11.0. The molecule has 0 fully saturated rings. The molecule has 0 radical (unpaired) electrons. The van der Waals surface area contributed by atoms with Crippen molar-refractivity contribution in [2.75, 3.05) is 20.4 Å². The number of fused-ring (bicyclic) bond motifs is 2. The minimum atomic E-state index is -3.79. The topological polar surface area (TPSA) is 49.8 Å². The van der Waals surface area contributed by atoms with E-state index in [-0.39, 0.29) is 34.6 Å². The van der Waals surface area contributed by atoms with Crippen LogP contribution in [-0.2, 0) is 17.8 Å². The minimum Gasteiger partial charge on any atom is -0.488 e. The minimum absolute atomic E-state index is 0.00857. The lowest BCUT2D eigenvalue weighted by atomic mass is 9.92. The standard InChI is InChI=1S/C21H23NO3/c1-22(2)11-5-8-18-17-7-4-3-6-16(17)14-25-20-10-9-15(12-19(18)20)13-21(23)24/h3-4,6-10,12H,5,11,13-14H2,1-2H3,(H,23,24)/b18-8-/i1D3,2D3,5D2,8D,11D2,13D2. The van der Waals surface area contributed by atoms with Gasteiger partial charge in [-0.2, -0.15) is 0 Å². The first-order chi connectivity index (χ1) is 17.1. The van der Waals surface area contributed by atoms with E-state index in [0.717, 1.165) is 12.1 Å². The number of aliphatic carboxylic acids is 1. The number of carboxylic acids is 1. The third-order valence-corrected chi connectivity index (χ3v) is 3.53. The lowest BCUT2D eigenvalue weighted by Crippen LogP contribution is -2.12. The molecule has 4 heteroatoms. The van der Waals surface area contributed by atoms with Crippen molar-refractivity contribution in [3.05, 3.63) is 70.8 Å². The molecule has 130 valence electrons. The average Bonchev–Trinajstić information content (AvgIpc) is 2.92. The zero-order chi connectivity index (χ0) is 29.1. The smallest absolute Gasteiger partial charge is 0.307 e. The van der Waals surface area contributed by atoms with Crippen molar-refractivity contribution >= 4 is 11.5 Å². The summed E-state index contributed by atoms with van der Waals surface area (Å²) in [7, 11) is 0. The quantitative estimate of drug-likeness (QED) is 0.895. The maximum absolute atomic E-state index is 11.5. The van der Waals surface area contributed by atoms with E-state index in [1.807, 2.05) is 0 Å². The molecule has 1 aliphatic heterocycles. The Morgan fingerprint density at radius 1 is 1.36 bits per heavy atom. The molecule has 3 rings (SSSR count). The highest BCUT2D eigenvalue weighted by atomic mass is 16.5. The largest absolute Gasteiger partial charge is 0.488 e. The summed E-state index contributed by atoms with van der Waals surface area (Å²) in [5.41, 5.74) is -0.325. The average molecular weight is 350 g/mol. The van der Waals surface area contributed by atoms with E-state index in [4.69, 9.17) is 22.6 Å². The number of rotatable bonds is 5. The van der Waals surface area contributed by atoms with Crippen LogP contribution in [0.2, 0.25) is 0 Å². The second kappa shape index (κ2) is 7.53. The van der Waals surface area contributed by atoms with Gasteiger partial charge in [-0.3, -0.25) is 4.79 Å². The molecule has 0 amide bonds. The van der Waals surface area contributed by atoms with Crippen LogP contribution in [0.1, 0.15) is 46.4 Å². The van der Waals surface area contributed by atoms with Gasteiger partial charge in [0.05, 0.1) is 7.74 Å². The van der Waals surface area contributed by atoms with Gasteiger partial charge in [-0.25, -0.2) is 0 Å². The van der Waals surface area contributed by atoms with Crippen LogP contribution in [0.3, 0.4) is 0 Å². The van der Waals surface area contributed by atoms with Crippen molar-refractivity contribution in [1.29, 1.82) is 0 Å². The summed E-state index contributed by atoms with van der Waals surface area (Å²) in [6.45, 7) is -11.1. The van der Waals surface area contributed by atoms with Crippen LogP contribution in [0.15, 0.2) is 48.5 Å². The molecule has 0 unspecified atom stereocenters. The van der Waals surface area contributed by atoms with E-state index < -0.39 is 50.1 Å². The Balaban J connectivity index is 2.41. The SMILES string of the molecule is [2H]/C(=C1\c2ccccc2COc2ccc(C([2H])([2H])C(=O)O)cc21)C([2H])([2H])C([2H])([2H])N(C([2H])([2H])[2H])C([2H])([2H])[2H]. The number of carbonyl (C=O) groups is 1. The first-order valence-corrected chi connectivity index (χ1v) is 7.26. The van der Waals surface area contributed by atoms with Gasteiger partial charge in [-0.15, -0.1) is 0 Å². The van der Waals surface area contributed by atoms with E-state index in [1.165, 1.54) is 18.2 Å². The first-order valence-electron chi connectivity index (χ1n) is 13.8. The fourth-order valence-electron chi connectivity index (χ4n) is 2.52. The Kier molecular flexibility index (Phi) is 2.21. The lowest BCUT2D eigenvalue weighted by Gasteiger charge is -2.13. The molecule has 2 aromatic carbocycles. The molecule has 0 aromatic heterocycles. The molecular weight excluding hydrogens is 314 g/mol. The highest BCUT2D eigenvalue weighted by Crippen LogP contribution is 2.37. The zero-order valence-corrected chi connectivity index (χ0v) is 13.0. The third-order valence-electron chi connectivity index (χ3n) is 3.53. The fraction of sp³-hybridized carbons (Fsp3) is 0.286. The van der Waals surface area contributed by atoms with E-state index >= 15 is 0 Å². The summed E-state index contributed by atoms with van der Waals surface area (Å²) in [5.74, 6) is -1.83. The maximum Gasteiger partial charge on any atom is 0.307 e. The van der Waals surface area contributed by atoms with Gasteiger partial charge >= 0.3 is 5.97 Å². The van der Waals surface area contributed by atoms with Gasteiger partial charge in [-0.1, -0.05) is 36.4 Å². The Hall–Kier alpha value is -2.59. The normalized spacial score (nSPS) is 25.4. The van der Waals surface area contributed by atoms with Gasteiger partial charge in [0.2, 0.25) is 0 Å². The van der Waals surface area contributed by atoms with Crippen LogP contribution in [0, 0.1) is 0 Å². The molecule has 0 saturated heterocycles. The van der Waals surface area contributed by atoms with Crippen molar-refractivity contribution in [2.45, 2.75) is 19.4 Å². The van der Waals surface area contributed by atoms with Crippen LogP contribution < -0.4 is 4.74 Å². The highest BCUT2D eigenvalue weighted by molar-refractivity contribution is 5.85. The molecule has 2 aromatic rings. The van der Waals surface area contributed by atoms with Crippen LogP contribution in [-0.4, -0.2) is 36.4 Å². The van der Waals surface area contributed by atoms with Crippen LogP contribution in [0.4, 0.5) is 0 Å². The number of hydrogen-bond acceptors (Lipinski definition) is 3. The summed E-state index contributed by atoms with van der Waals surface area (Å²) in [5, 5.41) is 9.36. The van der Waals surface area contributed by atoms with Gasteiger partial charge in [-0.05, 0) is 54.7 Å². The number of hydrogen-bond donors (Lipinski definition) is 1. The second-order valence-electron chi connectivity index (χ2n) is 5.16. The van der Waals surface area contributed by atoms with E-state index in [0.29, 0.717) is 5.56 Å². The monoisotopic (exact) mass is 350 g/mol. The van der Waals surface area contributed by atoms with Crippen molar-refractivity contribution in [3.8, 4) is 5.75 Å². The van der Waals surface area contributed by atoms with Crippen molar-refractivity contribution in [3.63, 3.8) is 0 Å². The number of carboxylic acid groups (broad SMARTS) is 1. The molecule has 1 aliphatic rings. The Morgan fingerprint density at radius 2 is 2.20 bits per heavy atom. The highest BCUT2D eigenvalue weighted by Gasteiger charge is 2.19. The maximum atomic E-state index is 11.5.